The third-order valence-electron chi connectivity index (χ3n) is 1.97. The maximum absolute atomic E-state index is 5.89. The van der Waals surface area contributed by atoms with E-state index in [1.165, 1.54) is 0 Å². The second kappa shape index (κ2) is 3.72. The molecule has 3 nitrogen and oxygen atoms in total. The Kier molecular flexibility index (Phi) is 2.41. The molecule has 0 atom stereocenters. The molecule has 0 radical (unpaired) electrons. The van der Waals surface area contributed by atoms with Crippen LogP contribution in [0.15, 0.2) is 30.7 Å². The molecule has 0 spiro atoms. The fraction of sp³-hybridized carbons (Fsp3) is 0.100. The fourth-order valence-electron chi connectivity index (χ4n) is 1.20. The Morgan fingerprint density at radius 3 is 3.00 bits per heavy atom. The van der Waals surface area contributed by atoms with Crippen LogP contribution in [0.2, 0.25) is 5.02 Å². The largest absolute Gasteiger partial charge is 0.340 e. The first-order chi connectivity index (χ1) is 6.75. The molecule has 1 heterocycles. The van der Waals surface area contributed by atoms with Crippen LogP contribution in [0.5, 0.6) is 0 Å². The van der Waals surface area contributed by atoms with E-state index in [9.17, 15) is 0 Å². The second-order valence-electron chi connectivity index (χ2n) is 3.05. The monoisotopic (exact) mass is 207 g/mol. The van der Waals surface area contributed by atoms with Crippen LogP contribution < -0.4 is 5.32 Å². The number of hydrogen-bond acceptors (Lipinski definition) is 2. The second-order valence-corrected chi connectivity index (χ2v) is 3.49. The number of aromatic amines is 1. The van der Waals surface area contributed by atoms with Crippen LogP contribution in [0.25, 0.3) is 0 Å². The Morgan fingerprint density at radius 1 is 1.43 bits per heavy atom. The first-order valence-electron chi connectivity index (χ1n) is 4.27. The number of rotatable bonds is 2. The Labute approximate surface area is 87.1 Å². The van der Waals surface area contributed by atoms with E-state index in [1.54, 1.807) is 12.5 Å². The number of aryl methyl sites for hydroxylation is 1. The minimum atomic E-state index is 0.720. The molecule has 0 aliphatic heterocycles. The van der Waals surface area contributed by atoms with E-state index in [2.05, 4.69) is 15.3 Å². The van der Waals surface area contributed by atoms with Crippen LogP contribution in [0.4, 0.5) is 11.5 Å². The summed E-state index contributed by atoms with van der Waals surface area (Å²) in [6.07, 6.45) is 3.35. The molecule has 0 fully saturated rings. The number of aromatic nitrogens is 2. The Morgan fingerprint density at radius 2 is 2.29 bits per heavy atom. The predicted octanol–water partition coefficient (Wildman–Crippen LogP) is 3.12. The quantitative estimate of drug-likeness (QED) is 0.795. The van der Waals surface area contributed by atoms with Crippen molar-refractivity contribution in [1.82, 2.24) is 9.97 Å². The maximum atomic E-state index is 5.89. The molecule has 0 unspecified atom stereocenters. The molecule has 4 heteroatoms. The van der Waals surface area contributed by atoms with Crippen molar-refractivity contribution >= 4 is 23.1 Å². The lowest BCUT2D eigenvalue weighted by Crippen LogP contribution is -1.92. The first kappa shape index (κ1) is 9.09. The zero-order chi connectivity index (χ0) is 9.97. The highest BCUT2D eigenvalue weighted by Gasteiger charge is 2.00. The van der Waals surface area contributed by atoms with Crippen LogP contribution in [0, 0.1) is 6.92 Å². The average molecular weight is 208 g/mol. The van der Waals surface area contributed by atoms with E-state index in [1.807, 2.05) is 25.1 Å². The summed E-state index contributed by atoms with van der Waals surface area (Å²) in [6, 6.07) is 5.73. The van der Waals surface area contributed by atoms with Gasteiger partial charge in [0.05, 0.1) is 12.5 Å². The van der Waals surface area contributed by atoms with E-state index >= 15 is 0 Å². The zero-order valence-corrected chi connectivity index (χ0v) is 8.47. The van der Waals surface area contributed by atoms with Crippen molar-refractivity contribution in [2.45, 2.75) is 6.92 Å². The van der Waals surface area contributed by atoms with Crippen molar-refractivity contribution in [1.29, 1.82) is 0 Å². The highest BCUT2D eigenvalue weighted by Crippen LogP contribution is 2.22. The van der Waals surface area contributed by atoms with Crippen molar-refractivity contribution in [3.63, 3.8) is 0 Å². The standard InChI is InChI=1S/C10H10ClN3/c1-7-2-3-8(11)4-9(7)14-10-5-12-6-13-10/h2-6,14H,1H3,(H,12,13). The minimum Gasteiger partial charge on any atom is -0.340 e. The van der Waals surface area contributed by atoms with Crippen LogP contribution in [-0.4, -0.2) is 9.97 Å². The van der Waals surface area contributed by atoms with Gasteiger partial charge in [0.2, 0.25) is 0 Å². The number of H-pyrrole nitrogens is 1. The molecule has 0 aliphatic carbocycles. The average Bonchev–Trinajstić information content (AvgIpc) is 2.64. The van der Waals surface area contributed by atoms with Crippen molar-refractivity contribution < 1.29 is 0 Å². The molecule has 1 aromatic carbocycles. The SMILES string of the molecule is Cc1ccc(Cl)cc1Nc1cnc[nH]1. The molecular weight excluding hydrogens is 198 g/mol. The van der Waals surface area contributed by atoms with Gasteiger partial charge < -0.3 is 10.3 Å². The van der Waals surface area contributed by atoms with Crippen molar-refractivity contribution in [2.75, 3.05) is 5.32 Å². The molecule has 2 rings (SSSR count). The molecule has 2 N–H and O–H groups in total. The van der Waals surface area contributed by atoms with Crippen LogP contribution in [0.1, 0.15) is 5.56 Å². The van der Waals surface area contributed by atoms with Crippen LogP contribution in [0.3, 0.4) is 0 Å². The summed E-state index contributed by atoms with van der Waals surface area (Å²) in [5.41, 5.74) is 2.13. The molecular formula is C10H10ClN3. The minimum absolute atomic E-state index is 0.720. The van der Waals surface area contributed by atoms with E-state index in [-0.39, 0.29) is 0 Å². The summed E-state index contributed by atoms with van der Waals surface area (Å²) in [5, 5.41) is 3.91. The summed E-state index contributed by atoms with van der Waals surface area (Å²) in [6.45, 7) is 2.02. The van der Waals surface area contributed by atoms with Gasteiger partial charge in [0, 0.05) is 10.7 Å². The van der Waals surface area contributed by atoms with Gasteiger partial charge in [-0.1, -0.05) is 17.7 Å². The molecule has 0 aliphatic rings. The summed E-state index contributed by atoms with van der Waals surface area (Å²) in [7, 11) is 0. The number of halogens is 1. The van der Waals surface area contributed by atoms with Gasteiger partial charge in [0.25, 0.3) is 0 Å². The molecule has 0 bridgehead atoms. The molecule has 0 amide bonds. The summed E-state index contributed by atoms with van der Waals surface area (Å²) >= 11 is 5.89. The molecule has 0 saturated heterocycles. The summed E-state index contributed by atoms with van der Waals surface area (Å²) < 4.78 is 0. The fourth-order valence-corrected chi connectivity index (χ4v) is 1.37. The van der Waals surface area contributed by atoms with Crippen molar-refractivity contribution in [3.05, 3.63) is 41.3 Å². The number of hydrogen-bond donors (Lipinski definition) is 2. The zero-order valence-electron chi connectivity index (χ0n) is 7.71. The van der Waals surface area contributed by atoms with Gasteiger partial charge in [-0.2, -0.15) is 0 Å². The lowest BCUT2D eigenvalue weighted by Gasteiger charge is -2.07. The summed E-state index contributed by atoms with van der Waals surface area (Å²) in [4.78, 5) is 6.89. The van der Waals surface area contributed by atoms with Gasteiger partial charge in [-0.15, -0.1) is 0 Å². The van der Waals surface area contributed by atoms with E-state index in [0.29, 0.717) is 0 Å². The molecule has 14 heavy (non-hydrogen) atoms. The highest BCUT2D eigenvalue weighted by atomic mass is 35.5. The molecule has 1 aromatic heterocycles. The Hall–Kier alpha value is -1.48. The van der Waals surface area contributed by atoms with E-state index < -0.39 is 0 Å². The van der Waals surface area contributed by atoms with Gasteiger partial charge in [-0.3, -0.25) is 0 Å². The van der Waals surface area contributed by atoms with Gasteiger partial charge in [0.15, 0.2) is 0 Å². The lowest BCUT2D eigenvalue weighted by atomic mass is 10.2. The number of benzene rings is 1. The third-order valence-corrected chi connectivity index (χ3v) is 2.20. The van der Waals surface area contributed by atoms with E-state index in [4.69, 9.17) is 11.6 Å². The molecule has 2 aromatic rings. The third kappa shape index (κ3) is 1.88. The van der Waals surface area contributed by atoms with Gasteiger partial charge in [-0.25, -0.2) is 4.98 Å². The van der Waals surface area contributed by atoms with E-state index in [0.717, 1.165) is 22.1 Å². The van der Waals surface area contributed by atoms with Crippen LogP contribution in [-0.2, 0) is 0 Å². The number of nitrogens with one attached hydrogen (secondary N) is 2. The maximum Gasteiger partial charge on any atom is 0.127 e. The van der Waals surface area contributed by atoms with Gasteiger partial charge in [0.1, 0.15) is 5.82 Å². The molecule has 72 valence electrons. The Balaban J connectivity index is 2.28. The van der Waals surface area contributed by atoms with Crippen molar-refractivity contribution in [2.24, 2.45) is 0 Å². The Bertz CT molecular complexity index is 423. The topological polar surface area (TPSA) is 40.7 Å². The number of imidazole rings is 1. The van der Waals surface area contributed by atoms with Crippen LogP contribution >= 0.6 is 11.6 Å². The normalized spacial score (nSPS) is 10.1. The predicted molar refractivity (Wildman–Crippen MR) is 58.1 cm³/mol. The van der Waals surface area contributed by atoms with Crippen molar-refractivity contribution in [3.8, 4) is 0 Å². The van der Waals surface area contributed by atoms with Gasteiger partial charge >= 0.3 is 0 Å². The summed E-state index contributed by atoms with van der Waals surface area (Å²) in [5.74, 6) is 0.857. The number of anilines is 2. The number of nitrogens with zero attached hydrogens (tertiary/aromatic N) is 1. The van der Waals surface area contributed by atoms with Gasteiger partial charge in [-0.05, 0) is 24.6 Å². The first-order valence-corrected chi connectivity index (χ1v) is 4.65. The molecule has 0 saturated carbocycles. The highest BCUT2D eigenvalue weighted by molar-refractivity contribution is 6.30. The lowest BCUT2D eigenvalue weighted by molar-refractivity contribution is 1.31. The smallest absolute Gasteiger partial charge is 0.127 e.